The van der Waals surface area contributed by atoms with Crippen LogP contribution >= 0.6 is 0 Å². The first-order valence-corrected chi connectivity index (χ1v) is 5.93. The molecule has 1 unspecified atom stereocenters. The Kier molecular flexibility index (Phi) is 4.09. The predicted octanol–water partition coefficient (Wildman–Crippen LogP) is 1.83. The molecule has 1 N–H and O–H groups in total. The zero-order valence-electron chi connectivity index (χ0n) is 10.4. The molecule has 2 rings (SSSR count). The standard InChI is InChI=1S/C13H19NO3/c1-15-10-5-6-12(13(8-10)16-2)17-11-4-3-7-14-9-11/h5-6,8,11,14H,3-4,7,9H2,1-2H3. The fourth-order valence-corrected chi connectivity index (χ4v) is 1.97. The predicted molar refractivity (Wildman–Crippen MR) is 66.1 cm³/mol. The molecule has 1 aromatic carbocycles. The van der Waals surface area contributed by atoms with E-state index in [1.54, 1.807) is 14.2 Å². The van der Waals surface area contributed by atoms with Crippen LogP contribution in [0.4, 0.5) is 0 Å². The molecule has 1 aromatic rings. The Morgan fingerprint density at radius 3 is 2.71 bits per heavy atom. The maximum absolute atomic E-state index is 5.93. The van der Waals surface area contributed by atoms with E-state index in [-0.39, 0.29) is 6.10 Å². The first-order chi connectivity index (χ1) is 8.33. The zero-order chi connectivity index (χ0) is 12.1. The van der Waals surface area contributed by atoms with Crippen LogP contribution in [0.1, 0.15) is 12.8 Å². The van der Waals surface area contributed by atoms with Crippen LogP contribution < -0.4 is 19.5 Å². The summed E-state index contributed by atoms with van der Waals surface area (Å²) >= 11 is 0. The van der Waals surface area contributed by atoms with Crippen molar-refractivity contribution in [3.8, 4) is 17.2 Å². The van der Waals surface area contributed by atoms with E-state index in [0.717, 1.165) is 43.2 Å². The molecule has 0 aromatic heterocycles. The molecule has 1 fully saturated rings. The Balaban J connectivity index is 2.08. The molecule has 1 heterocycles. The number of rotatable bonds is 4. The lowest BCUT2D eigenvalue weighted by Crippen LogP contribution is -2.37. The molecule has 4 nitrogen and oxygen atoms in total. The third kappa shape index (κ3) is 3.03. The molecule has 1 aliphatic rings. The second-order valence-electron chi connectivity index (χ2n) is 4.10. The summed E-state index contributed by atoms with van der Waals surface area (Å²) in [5.74, 6) is 2.27. The average Bonchev–Trinajstić information content (AvgIpc) is 2.40. The third-order valence-corrected chi connectivity index (χ3v) is 2.92. The van der Waals surface area contributed by atoms with E-state index < -0.39 is 0 Å². The van der Waals surface area contributed by atoms with E-state index in [2.05, 4.69) is 5.32 Å². The van der Waals surface area contributed by atoms with Crippen molar-refractivity contribution >= 4 is 0 Å². The monoisotopic (exact) mass is 237 g/mol. The highest BCUT2D eigenvalue weighted by molar-refractivity contribution is 5.45. The summed E-state index contributed by atoms with van der Waals surface area (Å²) in [6.45, 7) is 1.98. The maximum Gasteiger partial charge on any atom is 0.164 e. The lowest BCUT2D eigenvalue weighted by molar-refractivity contribution is 0.161. The van der Waals surface area contributed by atoms with E-state index in [0.29, 0.717) is 0 Å². The van der Waals surface area contributed by atoms with Gasteiger partial charge in [0.1, 0.15) is 11.9 Å². The second kappa shape index (κ2) is 5.77. The van der Waals surface area contributed by atoms with E-state index >= 15 is 0 Å². The van der Waals surface area contributed by atoms with Crippen molar-refractivity contribution in [2.75, 3.05) is 27.3 Å². The van der Waals surface area contributed by atoms with Crippen LogP contribution in [0, 0.1) is 0 Å². The number of methoxy groups -OCH3 is 2. The van der Waals surface area contributed by atoms with Crippen LogP contribution in [0.3, 0.4) is 0 Å². The summed E-state index contributed by atoms with van der Waals surface area (Å²) < 4.78 is 16.4. The molecule has 17 heavy (non-hydrogen) atoms. The third-order valence-electron chi connectivity index (χ3n) is 2.92. The number of nitrogens with one attached hydrogen (secondary N) is 1. The van der Waals surface area contributed by atoms with Crippen molar-refractivity contribution in [1.29, 1.82) is 0 Å². The van der Waals surface area contributed by atoms with Crippen LogP contribution in [0.25, 0.3) is 0 Å². The molecule has 1 saturated heterocycles. The van der Waals surface area contributed by atoms with Gasteiger partial charge in [-0.3, -0.25) is 0 Å². The number of hydrogen-bond acceptors (Lipinski definition) is 4. The normalized spacial score (nSPS) is 19.8. The van der Waals surface area contributed by atoms with Crippen molar-refractivity contribution in [3.63, 3.8) is 0 Å². The summed E-state index contributed by atoms with van der Waals surface area (Å²) in [6, 6.07) is 5.62. The molecule has 0 saturated carbocycles. The number of benzene rings is 1. The quantitative estimate of drug-likeness (QED) is 0.867. The minimum atomic E-state index is 0.228. The zero-order valence-corrected chi connectivity index (χ0v) is 10.4. The van der Waals surface area contributed by atoms with Crippen molar-refractivity contribution in [2.24, 2.45) is 0 Å². The number of ether oxygens (including phenoxy) is 3. The molecule has 94 valence electrons. The first-order valence-electron chi connectivity index (χ1n) is 5.93. The van der Waals surface area contributed by atoms with Gasteiger partial charge >= 0.3 is 0 Å². The minimum absolute atomic E-state index is 0.228. The van der Waals surface area contributed by atoms with E-state index in [1.165, 1.54) is 0 Å². The Bertz CT molecular complexity index is 362. The summed E-state index contributed by atoms with van der Waals surface area (Å²) in [6.07, 6.45) is 2.47. The first kappa shape index (κ1) is 12.0. The average molecular weight is 237 g/mol. The topological polar surface area (TPSA) is 39.7 Å². The summed E-state index contributed by atoms with van der Waals surface area (Å²) in [4.78, 5) is 0. The van der Waals surface area contributed by atoms with Gasteiger partial charge in [0.05, 0.1) is 14.2 Å². The molecular formula is C13H19NO3. The molecule has 0 radical (unpaired) electrons. The van der Waals surface area contributed by atoms with E-state index in [9.17, 15) is 0 Å². The van der Waals surface area contributed by atoms with Crippen molar-refractivity contribution in [2.45, 2.75) is 18.9 Å². The van der Waals surface area contributed by atoms with Crippen LogP contribution in [-0.2, 0) is 0 Å². The highest BCUT2D eigenvalue weighted by atomic mass is 16.5. The van der Waals surface area contributed by atoms with Gasteiger partial charge in [-0.25, -0.2) is 0 Å². The molecule has 1 aliphatic heterocycles. The van der Waals surface area contributed by atoms with E-state index in [4.69, 9.17) is 14.2 Å². The van der Waals surface area contributed by atoms with Crippen molar-refractivity contribution < 1.29 is 14.2 Å². The van der Waals surface area contributed by atoms with Gasteiger partial charge in [-0.1, -0.05) is 0 Å². The SMILES string of the molecule is COc1ccc(OC2CCCNC2)c(OC)c1. The fourth-order valence-electron chi connectivity index (χ4n) is 1.97. The van der Waals surface area contributed by atoms with Gasteiger partial charge < -0.3 is 19.5 Å². The van der Waals surface area contributed by atoms with Gasteiger partial charge in [0.15, 0.2) is 11.5 Å². The molecule has 0 aliphatic carbocycles. The van der Waals surface area contributed by atoms with E-state index in [1.807, 2.05) is 18.2 Å². The largest absolute Gasteiger partial charge is 0.497 e. The van der Waals surface area contributed by atoms with Gasteiger partial charge in [0, 0.05) is 12.6 Å². The van der Waals surface area contributed by atoms with Gasteiger partial charge in [-0.15, -0.1) is 0 Å². The second-order valence-corrected chi connectivity index (χ2v) is 4.10. The molecule has 0 amide bonds. The highest BCUT2D eigenvalue weighted by Crippen LogP contribution is 2.32. The molecule has 4 heteroatoms. The summed E-state index contributed by atoms with van der Waals surface area (Å²) in [7, 11) is 3.28. The lowest BCUT2D eigenvalue weighted by atomic mass is 10.1. The fraction of sp³-hybridized carbons (Fsp3) is 0.538. The Labute approximate surface area is 102 Å². The van der Waals surface area contributed by atoms with Gasteiger partial charge in [0.2, 0.25) is 0 Å². The van der Waals surface area contributed by atoms with Crippen LogP contribution in [0.2, 0.25) is 0 Å². The summed E-state index contributed by atoms with van der Waals surface area (Å²) in [5, 5.41) is 3.32. The minimum Gasteiger partial charge on any atom is -0.497 e. The Hall–Kier alpha value is -1.42. The number of piperidine rings is 1. The van der Waals surface area contributed by atoms with Gasteiger partial charge in [-0.2, -0.15) is 0 Å². The van der Waals surface area contributed by atoms with Crippen LogP contribution in [-0.4, -0.2) is 33.4 Å². The smallest absolute Gasteiger partial charge is 0.164 e. The Morgan fingerprint density at radius 1 is 1.18 bits per heavy atom. The van der Waals surface area contributed by atoms with Gasteiger partial charge in [-0.05, 0) is 31.5 Å². The van der Waals surface area contributed by atoms with Crippen molar-refractivity contribution in [3.05, 3.63) is 18.2 Å². The van der Waals surface area contributed by atoms with Crippen LogP contribution in [0.5, 0.6) is 17.2 Å². The molecule has 1 atom stereocenters. The molecule has 0 bridgehead atoms. The van der Waals surface area contributed by atoms with Crippen molar-refractivity contribution in [1.82, 2.24) is 5.32 Å². The Morgan fingerprint density at radius 2 is 2.06 bits per heavy atom. The summed E-state index contributed by atoms with van der Waals surface area (Å²) in [5.41, 5.74) is 0. The lowest BCUT2D eigenvalue weighted by Gasteiger charge is -2.24. The maximum atomic E-state index is 5.93. The van der Waals surface area contributed by atoms with Gasteiger partial charge in [0.25, 0.3) is 0 Å². The number of hydrogen-bond donors (Lipinski definition) is 1. The van der Waals surface area contributed by atoms with Crippen LogP contribution in [0.15, 0.2) is 18.2 Å². The molecular weight excluding hydrogens is 218 g/mol. The highest BCUT2D eigenvalue weighted by Gasteiger charge is 2.16. The molecule has 0 spiro atoms.